The van der Waals surface area contributed by atoms with E-state index in [0.717, 1.165) is 45.1 Å². The van der Waals surface area contributed by atoms with Crippen LogP contribution in [0.4, 0.5) is 10.2 Å². The standard InChI is InChI=1S/C24H27ClFN5O/c25-22-2-1-19(26)10-21(22)23-9-16(11-27)24(30-29-23)28-20-7-17-13-31(14-18(17)8-20)12-15-3-5-32-6-4-15/h1-2,9-10,15,17-18,20H,3-8,12-14H2,(H,28,30)/t17-,18+,20?. The molecule has 6 nitrogen and oxygen atoms in total. The van der Waals surface area contributed by atoms with Gasteiger partial charge in [-0.25, -0.2) is 4.39 Å². The van der Waals surface area contributed by atoms with Crippen LogP contribution in [0.15, 0.2) is 24.3 Å². The highest BCUT2D eigenvalue weighted by atomic mass is 35.5. The van der Waals surface area contributed by atoms with E-state index in [1.165, 1.54) is 37.6 Å². The van der Waals surface area contributed by atoms with Gasteiger partial charge in [0.25, 0.3) is 0 Å². The van der Waals surface area contributed by atoms with Gasteiger partial charge >= 0.3 is 0 Å². The van der Waals surface area contributed by atoms with Crippen LogP contribution in [0.5, 0.6) is 0 Å². The summed E-state index contributed by atoms with van der Waals surface area (Å²) < 4.78 is 19.1. The minimum absolute atomic E-state index is 0.292. The molecule has 8 heteroatoms. The van der Waals surface area contributed by atoms with E-state index in [1.807, 2.05) is 0 Å². The lowest BCUT2D eigenvalue weighted by Gasteiger charge is -2.27. The van der Waals surface area contributed by atoms with Crippen molar-refractivity contribution in [2.45, 2.75) is 31.7 Å². The number of benzene rings is 1. The van der Waals surface area contributed by atoms with Crippen molar-refractivity contribution in [3.8, 4) is 17.3 Å². The number of nitriles is 1. The van der Waals surface area contributed by atoms with Crippen molar-refractivity contribution < 1.29 is 9.13 Å². The summed E-state index contributed by atoms with van der Waals surface area (Å²) in [6.07, 6.45) is 4.53. The Labute approximate surface area is 192 Å². The molecule has 0 bridgehead atoms. The summed E-state index contributed by atoms with van der Waals surface area (Å²) in [5.74, 6) is 2.24. The minimum Gasteiger partial charge on any atom is -0.381 e. The Bertz CT molecular complexity index is 1010. The number of rotatable bonds is 5. The minimum atomic E-state index is -0.407. The molecule has 0 amide bonds. The number of nitrogens with one attached hydrogen (secondary N) is 1. The monoisotopic (exact) mass is 455 g/mol. The molecule has 0 spiro atoms. The third-order valence-electron chi connectivity index (χ3n) is 7.14. The molecule has 3 atom stereocenters. The number of aromatic nitrogens is 2. The van der Waals surface area contributed by atoms with Gasteiger partial charge in [-0.2, -0.15) is 5.26 Å². The zero-order valence-electron chi connectivity index (χ0n) is 17.9. The summed E-state index contributed by atoms with van der Waals surface area (Å²) in [6, 6.07) is 8.20. The first-order valence-electron chi connectivity index (χ1n) is 11.4. The predicted octanol–water partition coefficient (Wildman–Crippen LogP) is 4.36. The number of hydrogen-bond acceptors (Lipinski definition) is 6. The summed E-state index contributed by atoms with van der Waals surface area (Å²) in [5.41, 5.74) is 1.22. The fourth-order valence-electron chi connectivity index (χ4n) is 5.56. The van der Waals surface area contributed by atoms with Crippen molar-refractivity contribution in [2.24, 2.45) is 17.8 Å². The van der Waals surface area contributed by atoms with Crippen molar-refractivity contribution in [3.05, 3.63) is 40.7 Å². The number of ether oxygens (including phenoxy) is 1. The van der Waals surface area contributed by atoms with Gasteiger partial charge in [-0.05, 0) is 67.7 Å². The molecule has 1 saturated carbocycles. The van der Waals surface area contributed by atoms with Gasteiger partial charge in [0.05, 0.1) is 16.3 Å². The molecule has 1 unspecified atom stereocenters. The molecule has 1 aliphatic carbocycles. The first-order valence-corrected chi connectivity index (χ1v) is 11.8. The maximum atomic E-state index is 13.6. The van der Waals surface area contributed by atoms with Crippen LogP contribution in [0.1, 0.15) is 31.2 Å². The van der Waals surface area contributed by atoms with E-state index in [0.29, 0.717) is 45.5 Å². The van der Waals surface area contributed by atoms with Crippen LogP contribution in [0, 0.1) is 34.9 Å². The fourth-order valence-corrected chi connectivity index (χ4v) is 5.77. The molecule has 2 aliphatic heterocycles. The molecule has 1 N–H and O–H groups in total. The van der Waals surface area contributed by atoms with Crippen LogP contribution in [0.25, 0.3) is 11.3 Å². The van der Waals surface area contributed by atoms with Crippen LogP contribution in [0.2, 0.25) is 5.02 Å². The molecular weight excluding hydrogens is 429 g/mol. The van der Waals surface area contributed by atoms with Gasteiger partial charge in [0, 0.05) is 44.5 Å². The first kappa shape index (κ1) is 21.6. The molecule has 168 valence electrons. The molecule has 2 saturated heterocycles. The Morgan fingerprint density at radius 2 is 1.91 bits per heavy atom. The van der Waals surface area contributed by atoms with Gasteiger partial charge < -0.3 is 15.0 Å². The molecule has 2 aromatic rings. The topological polar surface area (TPSA) is 74.1 Å². The number of likely N-dealkylation sites (tertiary alicyclic amines) is 1. The Morgan fingerprint density at radius 3 is 2.62 bits per heavy atom. The summed E-state index contributed by atoms with van der Waals surface area (Å²) in [6.45, 7) is 5.33. The maximum Gasteiger partial charge on any atom is 0.166 e. The SMILES string of the molecule is N#Cc1cc(-c2cc(F)ccc2Cl)nnc1NC1C[C@@H]2CN(CC3CCOCC3)C[C@@H]2C1. The first-order chi connectivity index (χ1) is 15.6. The van der Waals surface area contributed by atoms with E-state index in [-0.39, 0.29) is 0 Å². The zero-order chi connectivity index (χ0) is 22.1. The fraction of sp³-hybridized carbons (Fsp3) is 0.542. The van der Waals surface area contributed by atoms with E-state index in [2.05, 4.69) is 26.5 Å². The van der Waals surface area contributed by atoms with Crippen molar-refractivity contribution >= 4 is 17.4 Å². The quantitative estimate of drug-likeness (QED) is 0.722. The zero-order valence-corrected chi connectivity index (χ0v) is 18.7. The lowest BCUT2D eigenvalue weighted by atomic mass is 10.00. The number of hydrogen-bond donors (Lipinski definition) is 1. The van der Waals surface area contributed by atoms with E-state index in [9.17, 15) is 9.65 Å². The van der Waals surface area contributed by atoms with Gasteiger partial charge in [-0.15, -0.1) is 10.2 Å². The second-order valence-corrected chi connectivity index (χ2v) is 9.74. The van der Waals surface area contributed by atoms with Crippen LogP contribution < -0.4 is 5.32 Å². The van der Waals surface area contributed by atoms with Crippen LogP contribution in [-0.2, 0) is 4.74 Å². The normalized spacial score (nSPS) is 26.1. The summed E-state index contributed by atoms with van der Waals surface area (Å²) in [7, 11) is 0. The number of halogens is 2. The second-order valence-electron chi connectivity index (χ2n) is 9.33. The molecule has 1 aromatic carbocycles. The van der Waals surface area contributed by atoms with Crippen LogP contribution >= 0.6 is 11.6 Å². The molecule has 5 rings (SSSR count). The number of anilines is 1. The average molecular weight is 456 g/mol. The van der Waals surface area contributed by atoms with Crippen molar-refractivity contribution in [1.82, 2.24) is 15.1 Å². The van der Waals surface area contributed by atoms with Gasteiger partial charge in [-0.1, -0.05) is 11.6 Å². The summed E-state index contributed by atoms with van der Waals surface area (Å²) in [5, 5.41) is 22.0. The molecule has 3 fully saturated rings. The molecular formula is C24H27ClFN5O. The number of fused-ring (bicyclic) bond motifs is 1. The number of nitrogens with zero attached hydrogens (tertiary/aromatic N) is 4. The Hall–Kier alpha value is -2.27. The van der Waals surface area contributed by atoms with E-state index in [4.69, 9.17) is 16.3 Å². The van der Waals surface area contributed by atoms with E-state index < -0.39 is 5.82 Å². The second kappa shape index (κ2) is 9.30. The third kappa shape index (κ3) is 4.59. The lowest BCUT2D eigenvalue weighted by Crippen LogP contribution is -2.32. The van der Waals surface area contributed by atoms with Crippen molar-refractivity contribution in [3.63, 3.8) is 0 Å². The summed E-state index contributed by atoms with van der Waals surface area (Å²) >= 11 is 6.19. The highest BCUT2D eigenvalue weighted by Gasteiger charge is 2.41. The van der Waals surface area contributed by atoms with Gasteiger partial charge in [0.15, 0.2) is 5.82 Å². The van der Waals surface area contributed by atoms with E-state index in [1.54, 1.807) is 6.07 Å². The smallest absolute Gasteiger partial charge is 0.166 e. The summed E-state index contributed by atoms with van der Waals surface area (Å²) in [4.78, 5) is 2.64. The molecule has 3 heterocycles. The maximum absolute atomic E-state index is 13.6. The Morgan fingerprint density at radius 1 is 1.16 bits per heavy atom. The van der Waals surface area contributed by atoms with Crippen LogP contribution in [-0.4, -0.2) is 54.0 Å². The average Bonchev–Trinajstić information content (AvgIpc) is 3.34. The van der Waals surface area contributed by atoms with Gasteiger partial charge in [-0.3, -0.25) is 0 Å². The highest BCUT2D eigenvalue weighted by Crippen LogP contribution is 2.40. The van der Waals surface area contributed by atoms with E-state index >= 15 is 0 Å². The van der Waals surface area contributed by atoms with Gasteiger partial charge in [0.2, 0.25) is 0 Å². The lowest BCUT2D eigenvalue weighted by molar-refractivity contribution is 0.0545. The Balaban J connectivity index is 1.21. The largest absolute Gasteiger partial charge is 0.381 e. The molecule has 3 aliphatic rings. The molecule has 1 aromatic heterocycles. The molecule has 32 heavy (non-hydrogen) atoms. The molecule has 0 radical (unpaired) electrons. The predicted molar refractivity (Wildman–Crippen MR) is 121 cm³/mol. The van der Waals surface area contributed by atoms with Crippen molar-refractivity contribution in [2.75, 3.05) is 38.2 Å². The van der Waals surface area contributed by atoms with Crippen LogP contribution in [0.3, 0.4) is 0 Å². The Kier molecular flexibility index (Phi) is 6.27. The van der Waals surface area contributed by atoms with Gasteiger partial charge in [0.1, 0.15) is 11.9 Å². The highest BCUT2D eigenvalue weighted by molar-refractivity contribution is 6.33. The van der Waals surface area contributed by atoms with Crippen molar-refractivity contribution in [1.29, 1.82) is 5.26 Å². The third-order valence-corrected chi connectivity index (χ3v) is 7.47.